The smallest absolute Gasteiger partial charge is 0.343 e. The Labute approximate surface area is 251 Å². The number of carbonyl (C=O) groups is 2. The summed E-state index contributed by atoms with van der Waals surface area (Å²) in [7, 11) is 0. The number of anilines is 1. The summed E-state index contributed by atoms with van der Waals surface area (Å²) in [5.74, 6) is -0.151. The van der Waals surface area contributed by atoms with E-state index in [0.717, 1.165) is 11.4 Å². The summed E-state index contributed by atoms with van der Waals surface area (Å²) in [6.45, 7) is 6.15. The molecule has 0 bridgehead atoms. The maximum atomic E-state index is 13.9. The standard InChI is InChI=1S/C30H28ClN7O5/c1-4-43-29(40)23-15-32-37-27(18-5-9-22(10-6-18)38(41)42)26-24(13-30(2,3)14-25(26)39)35(28(23)37)16-20-17-36(34-33-20)21-11-7-19(31)8-12-21/h5-12,15,17,27H,4,13-14,16H2,1-3H3. The van der Waals surface area contributed by atoms with E-state index in [-0.39, 0.29) is 35.6 Å². The molecular weight excluding hydrogens is 574 g/mol. The zero-order valence-electron chi connectivity index (χ0n) is 23.7. The van der Waals surface area contributed by atoms with Gasteiger partial charge in [-0.1, -0.05) is 30.7 Å². The lowest BCUT2D eigenvalue weighted by Crippen LogP contribution is -2.42. The number of hydrogen-bond donors (Lipinski definition) is 0. The third kappa shape index (κ3) is 5.18. The van der Waals surface area contributed by atoms with Crippen molar-refractivity contribution < 1.29 is 19.2 Å². The van der Waals surface area contributed by atoms with Crippen LogP contribution in [0.2, 0.25) is 5.02 Å². The molecule has 0 saturated carbocycles. The van der Waals surface area contributed by atoms with Crippen LogP contribution in [0.25, 0.3) is 5.69 Å². The number of benzene rings is 2. The molecule has 3 heterocycles. The van der Waals surface area contributed by atoms with Gasteiger partial charge in [0.05, 0.1) is 36.2 Å². The number of hydrogen-bond acceptors (Lipinski definition) is 9. The number of fused-ring (bicyclic) bond motifs is 1. The Morgan fingerprint density at radius 2 is 1.86 bits per heavy atom. The molecule has 2 aromatic carbocycles. The lowest BCUT2D eigenvalue weighted by molar-refractivity contribution is -0.384. The molecule has 1 atom stereocenters. The SMILES string of the molecule is CCOC(=O)c1cnn2c1N(Cc1cn(-c3ccc(Cl)cc3)nn1)C1=C(C(=O)CC(C)(C)C1)C2c1ccc([N+](=O)[O-])cc1. The van der Waals surface area contributed by atoms with Crippen molar-refractivity contribution in [3.05, 3.63) is 104 Å². The van der Waals surface area contributed by atoms with Gasteiger partial charge in [-0.25, -0.2) is 14.2 Å². The number of carbonyl (C=O) groups excluding carboxylic acids is 2. The number of Topliss-reactive ketones (excluding diaryl/α,β-unsaturated/α-hetero) is 1. The number of non-ortho nitro benzene ring substituents is 1. The zero-order valence-corrected chi connectivity index (χ0v) is 24.5. The van der Waals surface area contributed by atoms with Crippen molar-refractivity contribution in [2.45, 2.75) is 46.2 Å². The molecule has 43 heavy (non-hydrogen) atoms. The monoisotopic (exact) mass is 601 g/mol. The van der Waals surface area contributed by atoms with Gasteiger partial charge in [-0.3, -0.25) is 14.9 Å². The van der Waals surface area contributed by atoms with Gasteiger partial charge < -0.3 is 9.64 Å². The molecule has 2 aliphatic rings. The Hall–Kier alpha value is -4.84. The molecule has 12 nitrogen and oxygen atoms in total. The Balaban J connectivity index is 1.51. The minimum absolute atomic E-state index is 0.0525. The second-order valence-electron chi connectivity index (χ2n) is 11.3. The number of nitro groups is 1. The van der Waals surface area contributed by atoms with Crippen molar-refractivity contribution in [1.82, 2.24) is 24.8 Å². The summed E-state index contributed by atoms with van der Waals surface area (Å²) in [6, 6.07) is 12.6. The molecule has 0 fully saturated rings. The van der Waals surface area contributed by atoms with Crippen molar-refractivity contribution in [2.75, 3.05) is 11.5 Å². The Morgan fingerprint density at radius 1 is 1.14 bits per heavy atom. The highest BCUT2D eigenvalue weighted by Crippen LogP contribution is 2.49. The number of halogens is 1. The van der Waals surface area contributed by atoms with Crippen LogP contribution in [0, 0.1) is 15.5 Å². The molecule has 220 valence electrons. The number of ketones is 1. The van der Waals surface area contributed by atoms with Crippen LogP contribution in [0.3, 0.4) is 0 Å². The van der Waals surface area contributed by atoms with Gasteiger partial charge in [0.25, 0.3) is 5.69 Å². The van der Waals surface area contributed by atoms with Gasteiger partial charge in [0.2, 0.25) is 0 Å². The predicted molar refractivity (Wildman–Crippen MR) is 157 cm³/mol. The largest absolute Gasteiger partial charge is 0.462 e. The third-order valence-electron chi connectivity index (χ3n) is 7.63. The van der Waals surface area contributed by atoms with Gasteiger partial charge in [-0.05, 0) is 60.7 Å². The minimum Gasteiger partial charge on any atom is -0.462 e. The molecule has 1 aliphatic carbocycles. The lowest BCUT2D eigenvalue weighted by atomic mass is 9.72. The number of aromatic nitrogens is 5. The topological polar surface area (TPSA) is 138 Å². The quantitative estimate of drug-likeness (QED) is 0.154. The lowest BCUT2D eigenvalue weighted by Gasteiger charge is -2.44. The second kappa shape index (κ2) is 10.8. The molecule has 0 saturated heterocycles. The molecule has 0 spiro atoms. The van der Waals surface area contributed by atoms with Gasteiger partial charge in [0.15, 0.2) is 5.78 Å². The van der Waals surface area contributed by atoms with Crippen LogP contribution in [-0.4, -0.2) is 48.1 Å². The Bertz CT molecular complexity index is 1770. The Kier molecular flexibility index (Phi) is 7.09. The highest BCUT2D eigenvalue weighted by atomic mass is 35.5. The van der Waals surface area contributed by atoms with E-state index in [1.807, 2.05) is 30.9 Å². The molecule has 0 amide bonds. The number of rotatable bonds is 7. The summed E-state index contributed by atoms with van der Waals surface area (Å²) in [6.07, 6.45) is 4.08. The summed E-state index contributed by atoms with van der Waals surface area (Å²) in [5.41, 5.74) is 3.08. The average molecular weight is 602 g/mol. The molecular formula is C30H28ClN7O5. The van der Waals surface area contributed by atoms with E-state index in [1.165, 1.54) is 18.3 Å². The maximum absolute atomic E-state index is 13.9. The van der Waals surface area contributed by atoms with E-state index in [0.29, 0.717) is 40.5 Å². The fourth-order valence-electron chi connectivity index (χ4n) is 5.78. The summed E-state index contributed by atoms with van der Waals surface area (Å²) in [5, 5.41) is 25.2. The number of esters is 1. The highest BCUT2D eigenvalue weighted by molar-refractivity contribution is 6.30. The van der Waals surface area contributed by atoms with E-state index in [9.17, 15) is 19.7 Å². The van der Waals surface area contributed by atoms with Crippen LogP contribution >= 0.6 is 11.6 Å². The molecule has 0 N–H and O–H groups in total. The first kappa shape index (κ1) is 28.3. The van der Waals surface area contributed by atoms with Crippen molar-refractivity contribution in [1.29, 1.82) is 0 Å². The molecule has 4 aromatic rings. The van der Waals surface area contributed by atoms with Gasteiger partial charge in [0.1, 0.15) is 23.1 Å². The first-order chi connectivity index (χ1) is 20.6. The van der Waals surface area contributed by atoms with Crippen LogP contribution in [0.4, 0.5) is 11.5 Å². The van der Waals surface area contributed by atoms with E-state index < -0.39 is 16.9 Å². The predicted octanol–water partition coefficient (Wildman–Crippen LogP) is 5.45. The van der Waals surface area contributed by atoms with E-state index in [4.69, 9.17) is 16.3 Å². The fourth-order valence-corrected chi connectivity index (χ4v) is 5.91. The Morgan fingerprint density at radius 3 is 2.53 bits per heavy atom. The van der Waals surface area contributed by atoms with Gasteiger partial charge in [0, 0.05) is 34.8 Å². The van der Waals surface area contributed by atoms with E-state index in [1.54, 1.807) is 46.7 Å². The molecule has 0 radical (unpaired) electrons. The first-order valence-electron chi connectivity index (χ1n) is 13.8. The summed E-state index contributed by atoms with van der Waals surface area (Å²) >= 11 is 6.05. The molecule has 2 aromatic heterocycles. The minimum atomic E-state index is -0.696. The van der Waals surface area contributed by atoms with Crippen LogP contribution in [0.15, 0.2) is 72.2 Å². The van der Waals surface area contributed by atoms with Gasteiger partial charge in [-0.2, -0.15) is 5.10 Å². The third-order valence-corrected chi connectivity index (χ3v) is 7.88. The second-order valence-corrected chi connectivity index (χ2v) is 11.8. The highest BCUT2D eigenvalue weighted by Gasteiger charge is 2.45. The van der Waals surface area contributed by atoms with Crippen molar-refractivity contribution in [2.24, 2.45) is 5.41 Å². The van der Waals surface area contributed by atoms with Crippen LogP contribution in [0.5, 0.6) is 0 Å². The van der Waals surface area contributed by atoms with Gasteiger partial charge in [-0.15, -0.1) is 5.10 Å². The first-order valence-corrected chi connectivity index (χ1v) is 14.1. The maximum Gasteiger partial charge on any atom is 0.343 e. The zero-order chi connectivity index (χ0) is 30.5. The number of nitro benzene ring substituents is 1. The van der Waals surface area contributed by atoms with Gasteiger partial charge >= 0.3 is 5.97 Å². The molecule has 13 heteroatoms. The fraction of sp³-hybridized carbons (Fsp3) is 0.300. The molecule has 1 unspecified atom stereocenters. The van der Waals surface area contributed by atoms with Crippen molar-refractivity contribution >= 4 is 34.9 Å². The molecule has 1 aliphatic heterocycles. The number of allylic oxidation sites excluding steroid dienone is 2. The number of nitrogens with zero attached hydrogens (tertiary/aromatic N) is 7. The number of ether oxygens (including phenoxy) is 1. The van der Waals surface area contributed by atoms with Crippen molar-refractivity contribution in [3.63, 3.8) is 0 Å². The average Bonchev–Trinajstić information content (AvgIpc) is 3.61. The van der Waals surface area contributed by atoms with E-state index in [2.05, 4.69) is 15.4 Å². The summed E-state index contributed by atoms with van der Waals surface area (Å²) < 4.78 is 8.64. The van der Waals surface area contributed by atoms with Crippen molar-refractivity contribution in [3.8, 4) is 5.69 Å². The van der Waals surface area contributed by atoms with Crippen LogP contribution in [0.1, 0.15) is 61.3 Å². The van der Waals surface area contributed by atoms with E-state index >= 15 is 0 Å². The normalized spacial score (nSPS) is 17.4. The van der Waals surface area contributed by atoms with Crippen LogP contribution < -0.4 is 4.90 Å². The molecule has 6 rings (SSSR count). The summed E-state index contributed by atoms with van der Waals surface area (Å²) in [4.78, 5) is 39.9. The van der Waals surface area contributed by atoms with Crippen LogP contribution in [-0.2, 0) is 16.1 Å².